The van der Waals surface area contributed by atoms with Gasteiger partial charge < -0.3 is 5.11 Å². The van der Waals surface area contributed by atoms with E-state index >= 15 is 0 Å². The maximum Gasteiger partial charge on any atom is 0.230 e. The molecule has 90 valence electrons. The molecule has 1 unspecified atom stereocenters. The Hall–Kier alpha value is -1.68. The highest BCUT2D eigenvalue weighted by Gasteiger charge is 2.43. The number of nitrogens with zero attached hydrogens (tertiary/aromatic N) is 1. The van der Waals surface area contributed by atoms with E-state index in [9.17, 15) is 14.7 Å². The summed E-state index contributed by atoms with van der Waals surface area (Å²) in [6.45, 7) is 1.44. The summed E-state index contributed by atoms with van der Waals surface area (Å²) in [5.74, 6) is -0.425. The minimum atomic E-state index is -0.952. The van der Waals surface area contributed by atoms with Gasteiger partial charge in [0.25, 0.3) is 0 Å². The van der Waals surface area contributed by atoms with Crippen LogP contribution < -0.4 is 0 Å². The second-order valence-electron chi connectivity index (χ2n) is 4.42. The average Bonchev–Trinajstić information content (AvgIpc) is 2.70. The second kappa shape index (κ2) is 4.30. The summed E-state index contributed by atoms with van der Waals surface area (Å²) in [6, 6.07) is 9.14. The molecule has 0 spiro atoms. The quantitative estimate of drug-likeness (QED) is 0.794. The largest absolute Gasteiger partial charge is 0.394 e. The lowest BCUT2D eigenvalue weighted by molar-refractivity contribution is -0.147. The molecule has 1 N–H and O–H groups in total. The maximum atomic E-state index is 11.8. The van der Waals surface area contributed by atoms with Gasteiger partial charge in [0.15, 0.2) is 0 Å². The minimum Gasteiger partial charge on any atom is -0.394 e. The molecule has 1 aromatic carbocycles. The van der Waals surface area contributed by atoms with Gasteiger partial charge in [-0.05, 0) is 12.5 Å². The van der Waals surface area contributed by atoms with Crippen molar-refractivity contribution < 1.29 is 14.7 Å². The summed E-state index contributed by atoms with van der Waals surface area (Å²) in [5, 5.41) is 9.59. The number of carbonyl (C=O) groups is 2. The fourth-order valence-corrected chi connectivity index (χ4v) is 2.22. The van der Waals surface area contributed by atoms with Crippen LogP contribution >= 0.6 is 0 Å². The number of hydrogen-bond donors (Lipinski definition) is 1. The monoisotopic (exact) mass is 233 g/mol. The van der Waals surface area contributed by atoms with E-state index in [1.54, 1.807) is 6.92 Å². The van der Waals surface area contributed by atoms with Crippen molar-refractivity contribution in [3.05, 3.63) is 35.9 Å². The number of benzene rings is 1. The van der Waals surface area contributed by atoms with Crippen molar-refractivity contribution in [3.63, 3.8) is 0 Å². The average molecular weight is 233 g/mol. The lowest BCUT2D eigenvalue weighted by Crippen LogP contribution is -2.49. The highest BCUT2D eigenvalue weighted by Crippen LogP contribution is 2.32. The van der Waals surface area contributed by atoms with Gasteiger partial charge in [-0.25, -0.2) is 0 Å². The second-order valence-corrected chi connectivity index (χ2v) is 4.42. The third-order valence-electron chi connectivity index (χ3n) is 3.25. The standard InChI is InChI=1S/C13H15NO3/c1-13(9-15,10-5-3-2-4-6-10)14-11(16)7-8-12(14)17/h2-6,15H,7-9H2,1H3. The molecule has 1 aromatic rings. The van der Waals surface area contributed by atoms with Gasteiger partial charge in [-0.15, -0.1) is 0 Å². The molecule has 0 radical (unpaired) electrons. The van der Waals surface area contributed by atoms with Gasteiger partial charge in [-0.1, -0.05) is 30.3 Å². The molecule has 0 bridgehead atoms. The number of aliphatic hydroxyl groups excluding tert-OH is 1. The van der Waals surface area contributed by atoms with E-state index in [1.807, 2.05) is 30.3 Å². The third kappa shape index (κ3) is 1.85. The van der Waals surface area contributed by atoms with Gasteiger partial charge in [0.2, 0.25) is 11.8 Å². The number of likely N-dealkylation sites (tertiary alicyclic amines) is 1. The first-order valence-electron chi connectivity index (χ1n) is 5.62. The highest BCUT2D eigenvalue weighted by atomic mass is 16.3. The summed E-state index contributed by atoms with van der Waals surface area (Å²) >= 11 is 0. The number of rotatable bonds is 3. The number of aliphatic hydroxyl groups is 1. The van der Waals surface area contributed by atoms with E-state index in [2.05, 4.69) is 0 Å². The molecule has 1 fully saturated rings. The maximum absolute atomic E-state index is 11.8. The Morgan fingerprint density at radius 2 is 1.71 bits per heavy atom. The van der Waals surface area contributed by atoms with Crippen LogP contribution in [0.2, 0.25) is 0 Å². The van der Waals surface area contributed by atoms with Gasteiger partial charge in [-0.3, -0.25) is 14.5 Å². The lowest BCUT2D eigenvalue weighted by atomic mass is 9.91. The van der Waals surface area contributed by atoms with Crippen LogP contribution in [-0.2, 0) is 15.1 Å². The zero-order valence-corrected chi connectivity index (χ0v) is 9.72. The zero-order valence-electron chi connectivity index (χ0n) is 9.72. The number of imide groups is 1. The first kappa shape index (κ1) is 11.8. The summed E-state index contributed by atoms with van der Waals surface area (Å²) in [7, 11) is 0. The molecule has 1 aliphatic rings. The van der Waals surface area contributed by atoms with Crippen LogP contribution in [0.1, 0.15) is 25.3 Å². The van der Waals surface area contributed by atoms with Crippen molar-refractivity contribution in [2.24, 2.45) is 0 Å². The summed E-state index contributed by atoms with van der Waals surface area (Å²) in [5.41, 5.74) is -0.183. The van der Waals surface area contributed by atoms with E-state index in [1.165, 1.54) is 4.90 Å². The molecule has 1 aliphatic heterocycles. The molecule has 1 atom stereocenters. The Morgan fingerprint density at radius 1 is 1.18 bits per heavy atom. The number of amides is 2. The van der Waals surface area contributed by atoms with Crippen molar-refractivity contribution in [3.8, 4) is 0 Å². The van der Waals surface area contributed by atoms with Gasteiger partial charge in [0, 0.05) is 12.8 Å². The fraction of sp³-hybridized carbons (Fsp3) is 0.385. The van der Waals surface area contributed by atoms with Crippen molar-refractivity contribution >= 4 is 11.8 Å². The van der Waals surface area contributed by atoms with Gasteiger partial charge in [0.05, 0.1) is 12.1 Å². The molecule has 2 amide bonds. The molecule has 0 saturated carbocycles. The van der Waals surface area contributed by atoms with E-state index in [4.69, 9.17) is 0 Å². The Bertz CT molecular complexity index is 427. The number of carbonyl (C=O) groups excluding carboxylic acids is 2. The SMILES string of the molecule is CC(CO)(c1ccccc1)N1C(=O)CCC1=O. The third-order valence-corrected chi connectivity index (χ3v) is 3.25. The van der Waals surface area contributed by atoms with Crippen LogP contribution in [0, 0.1) is 0 Å². The Morgan fingerprint density at radius 3 is 2.18 bits per heavy atom. The summed E-state index contributed by atoms with van der Waals surface area (Å²) in [4.78, 5) is 24.7. The Labute approximate surface area is 99.9 Å². The minimum absolute atomic E-state index is 0.213. The predicted molar refractivity (Wildman–Crippen MR) is 62.0 cm³/mol. The summed E-state index contributed by atoms with van der Waals surface area (Å²) < 4.78 is 0. The van der Waals surface area contributed by atoms with Crippen molar-refractivity contribution in [1.82, 2.24) is 4.90 Å². The van der Waals surface area contributed by atoms with Crippen molar-refractivity contribution in [1.29, 1.82) is 0 Å². The van der Waals surface area contributed by atoms with Crippen LogP contribution in [0.5, 0.6) is 0 Å². The molecule has 1 heterocycles. The van der Waals surface area contributed by atoms with E-state index in [-0.39, 0.29) is 31.3 Å². The van der Waals surface area contributed by atoms with Crippen LogP contribution in [0.25, 0.3) is 0 Å². The molecule has 0 aromatic heterocycles. The van der Waals surface area contributed by atoms with Crippen LogP contribution in [0.3, 0.4) is 0 Å². The highest BCUT2D eigenvalue weighted by molar-refractivity contribution is 6.02. The topological polar surface area (TPSA) is 57.6 Å². The molecule has 2 rings (SSSR count). The van der Waals surface area contributed by atoms with E-state index in [0.29, 0.717) is 0 Å². The molecule has 1 saturated heterocycles. The zero-order chi connectivity index (χ0) is 12.5. The van der Waals surface area contributed by atoms with Crippen LogP contribution in [-0.4, -0.2) is 28.4 Å². The molecular weight excluding hydrogens is 218 g/mol. The molecular formula is C13H15NO3. The molecule has 4 nitrogen and oxygen atoms in total. The van der Waals surface area contributed by atoms with E-state index in [0.717, 1.165) is 5.56 Å². The predicted octanol–water partition coefficient (Wildman–Crippen LogP) is 1.04. The Balaban J connectivity index is 2.44. The molecule has 4 heteroatoms. The molecule has 0 aliphatic carbocycles. The van der Waals surface area contributed by atoms with Crippen LogP contribution in [0.4, 0.5) is 0 Å². The van der Waals surface area contributed by atoms with Gasteiger partial charge >= 0.3 is 0 Å². The Kier molecular flexibility index (Phi) is 2.98. The van der Waals surface area contributed by atoms with Crippen molar-refractivity contribution in [2.45, 2.75) is 25.3 Å². The van der Waals surface area contributed by atoms with Gasteiger partial charge in [-0.2, -0.15) is 0 Å². The molecule has 17 heavy (non-hydrogen) atoms. The first-order chi connectivity index (χ1) is 8.09. The fourth-order valence-electron chi connectivity index (χ4n) is 2.22. The van der Waals surface area contributed by atoms with Gasteiger partial charge in [0.1, 0.15) is 0 Å². The first-order valence-corrected chi connectivity index (χ1v) is 5.62. The lowest BCUT2D eigenvalue weighted by Gasteiger charge is -2.36. The smallest absolute Gasteiger partial charge is 0.230 e. The van der Waals surface area contributed by atoms with Crippen molar-refractivity contribution in [2.75, 3.05) is 6.61 Å². The normalized spacial score (nSPS) is 19.5. The van der Waals surface area contributed by atoms with E-state index < -0.39 is 5.54 Å². The number of hydrogen-bond acceptors (Lipinski definition) is 3. The van der Waals surface area contributed by atoms with Crippen LogP contribution in [0.15, 0.2) is 30.3 Å². The summed E-state index contributed by atoms with van der Waals surface area (Å²) in [6.07, 6.45) is 0.475.